The minimum Gasteiger partial charge on any atom is -0.492 e. The van der Waals surface area contributed by atoms with E-state index in [0.29, 0.717) is 22.4 Å². The lowest BCUT2D eigenvalue weighted by molar-refractivity contribution is -0.192. The maximum Gasteiger partial charge on any atom is 0.490 e. The van der Waals surface area contributed by atoms with Crippen molar-refractivity contribution in [1.29, 1.82) is 5.26 Å². The molecule has 0 aliphatic carbocycles. The number of nitriles is 1. The largest absolute Gasteiger partial charge is 0.492 e. The number of alkyl halides is 9. The molecule has 0 saturated carbocycles. The van der Waals surface area contributed by atoms with Crippen LogP contribution < -0.4 is 21.1 Å². The van der Waals surface area contributed by atoms with Gasteiger partial charge in [0.25, 0.3) is 0 Å². The molecule has 208 valence electrons. The molecule has 0 spiro atoms. The quantitative estimate of drug-likeness (QED) is 0.257. The van der Waals surface area contributed by atoms with E-state index >= 15 is 0 Å². The number of carboxylic acid groups (broad SMARTS) is 1. The number of carboxylic acids is 1. The number of ether oxygens (including phenoxy) is 1. The van der Waals surface area contributed by atoms with E-state index in [-0.39, 0.29) is 24.8 Å². The maximum absolute atomic E-state index is 13.2. The van der Waals surface area contributed by atoms with Crippen LogP contribution in [0.5, 0.6) is 5.75 Å². The Morgan fingerprint density at radius 3 is 1.97 bits per heavy atom. The topological polar surface area (TPSA) is 138 Å². The highest BCUT2D eigenvalue weighted by Crippen LogP contribution is 2.35. The van der Waals surface area contributed by atoms with Crippen LogP contribution >= 0.6 is 0 Å². The van der Waals surface area contributed by atoms with Gasteiger partial charge in [-0.1, -0.05) is 0 Å². The van der Waals surface area contributed by atoms with Gasteiger partial charge in [-0.05, 0) is 42.5 Å². The van der Waals surface area contributed by atoms with E-state index < -0.39 is 42.2 Å². The Kier molecular flexibility index (Phi) is 10.6. The number of guanidine groups is 1. The monoisotopic (exact) mass is 559 g/mol. The summed E-state index contributed by atoms with van der Waals surface area (Å²) >= 11 is 0. The summed E-state index contributed by atoms with van der Waals surface area (Å²) in [7, 11) is 0. The molecule has 0 heterocycles. The average Bonchev–Trinajstić information content (AvgIpc) is 2.77. The Morgan fingerprint density at radius 1 is 1.00 bits per heavy atom. The van der Waals surface area contributed by atoms with Gasteiger partial charge >= 0.3 is 24.5 Å². The van der Waals surface area contributed by atoms with Crippen molar-refractivity contribution in [3.8, 4) is 11.8 Å². The number of aliphatic carboxylic acids is 1. The van der Waals surface area contributed by atoms with Crippen LogP contribution in [0.1, 0.15) is 11.1 Å². The molecular formula is C21H18F9N5O3. The van der Waals surface area contributed by atoms with Crippen LogP contribution in [-0.2, 0) is 11.0 Å². The molecule has 8 nitrogen and oxygen atoms in total. The molecule has 0 radical (unpaired) electrons. The van der Waals surface area contributed by atoms with Gasteiger partial charge in [0.05, 0.1) is 29.4 Å². The molecule has 0 bridgehead atoms. The fourth-order valence-electron chi connectivity index (χ4n) is 2.62. The third-order valence-corrected chi connectivity index (χ3v) is 4.13. The van der Waals surface area contributed by atoms with Crippen molar-refractivity contribution in [2.24, 2.45) is 16.5 Å². The fraction of sp³-hybridized carbons (Fsp3) is 0.286. The molecule has 0 fully saturated rings. The first kappa shape index (κ1) is 31.7. The number of aliphatic imine (C=N–C) groups is 1. The summed E-state index contributed by atoms with van der Waals surface area (Å²) in [6.07, 6.45) is -14.6. The van der Waals surface area contributed by atoms with Crippen LogP contribution in [0.15, 0.2) is 47.5 Å². The third-order valence-electron chi connectivity index (χ3n) is 4.13. The molecule has 2 aromatic rings. The Balaban J connectivity index is 0.000000905. The number of benzene rings is 2. The number of rotatable bonds is 7. The van der Waals surface area contributed by atoms with Crippen molar-refractivity contribution >= 4 is 23.3 Å². The van der Waals surface area contributed by atoms with E-state index in [4.69, 9.17) is 31.4 Å². The molecule has 0 aliphatic heterocycles. The summed E-state index contributed by atoms with van der Waals surface area (Å²) in [5.41, 5.74) is 8.60. The van der Waals surface area contributed by atoms with Crippen LogP contribution in [0.25, 0.3) is 0 Å². The summed E-state index contributed by atoms with van der Waals surface area (Å²) in [6, 6.07) is 9.77. The van der Waals surface area contributed by atoms with Crippen LogP contribution in [0.4, 0.5) is 50.9 Å². The molecule has 0 saturated heterocycles. The first-order valence-electron chi connectivity index (χ1n) is 9.89. The molecule has 0 aromatic heterocycles. The number of hydrogen-bond donors (Lipinski definition) is 3. The third kappa shape index (κ3) is 11.1. The van der Waals surface area contributed by atoms with Gasteiger partial charge in [-0.15, -0.1) is 0 Å². The number of nitrogens with zero attached hydrogens (tertiary/aromatic N) is 3. The minimum absolute atomic E-state index is 0.155. The van der Waals surface area contributed by atoms with E-state index in [0.717, 1.165) is 12.1 Å². The van der Waals surface area contributed by atoms with Crippen LogP contribution in [0, 0.1) is 11.3 Å². The summed E-state index contributed by atoms with van der Waals surface area (Å²) in [5, 5.41) is 16.0. The van der Waals surface area contributed by atoms with Gasteiger partial charge in [0.15, 0.2) is 5.96 Å². The SMILES string of the molecule is N#Cc1ccc(N(CCOc2ccc(N=C(N)N)cc2)CC(F)(F)F)cc1C(F)(F)F.O=C(O)C(F)(F)F. The van der Waals surface area contributed by atoms with Crippen molar-refractivity contribution in [3.63, 3.8) is 0 Å². The zero-order valence-corrected chi connectivity index (χ0v) is 18.8. The Bertz CT molecular complexity index is 1150. The molecule has 17 heteroatoms. The lowest BCUT2D eigenvalue weighted by Gasteiger charge is -2.27. The molecule has 0 aliphatic rings. The zero-order valence-electron chi connectivity index (χ0n) is 18.8. The van der Waals surface area contributed by atoms with Crippen molar-refractivity contribution in [3.05, 3.63) is 53.6 Å². The Morgan fingerprint density at radius 2 is 1.55 bits per heavy atom. The summed E-state index contributed by atoms with van der Waals surface area (Å²) < 4.78 is 116. The van der Waals surface area contributed by atoms with Crippen LogP contribution in [-0.4, -0.2) is 49.1 Å². The summed E-state index contributed by atoms with van der Waals surface area (Å²) in [5.74, 6) is -2.61. The van der Waals surface area contributed by atoms with Gasteiger partial charge in [-0.2, -0.15) is 44.8 Å². The predicted octanol–water partition coefficient (Wildman–Crippen LogP) is 4.56. The Labute approximate surface area is 208 Å². The average molecular weight is 559 g/mol. The highest BCUT2D eigenvalue weighted by molar-refractivity contribution is 5.79. The zero-order chi connectivity index (χ0) is 29.3. The number of nitrogens with two attached hydrogens (primary N) is 2. The second-order valence-electron chi connectivity index (χ2n) is 7.06. The molecular weight excluding hydrogens is 541 g/mol. The second kappa shape index (κ2) is 12.7. The van der Waals surface area contributed by atoms with E-state index in [1.54, 1.807) is 0 Å². The summed E-state index contributed by atoms with van der Waals surface area (Å²) in [6.45, 7) is -2.11. The molecule has 0 unspecified atom stereocenters. The van der Waals surface area contributed by atoms with Gasteiger partial charge in [0, 0.05) is 5.69 Å². The second-order valence-corrected chi connectivity index (χ2v) is 7.06. The van der Waals surface area contributed by atoms with E-state index in [1.165, 1.54) is 30.3 Å². The molecule has 38 heavy (non-hydrogen) atoms. The van der Waals surface area contributed by atoms with Crippen molar-refractivity contribution in [2.45, 2.75) is 18.5 Å². The minimum atomic E-state index is -5.08. The van der Waals surface area contributed by atoms with Crippen molar-refractivity contribution in [2.75, 3.05) is 24.6 Å². The molecule has 0 amide bonds. The van der Waals surface area contributed by atoms with Crippen molar-refractivity contribution < 1.29 is 54.2 Å². The smallest absolute Gasteiger partial charge is 0.490 e. The Hall–Kier alpha value is -4.36. The summed E-state index contributed by atoms with van der Waals surface area (Å²) in [4.78, 5) is 13.4. The number of carbonyl (C=O) groups is 1. The van der Waals surface area contributed by atoms with E-state index in [9.17, 15) is 39.5 Å². The van der Waals surface area contributed by atoms with Crippen LogP contribution in [0.2, 0.25) is 0 Å². The predicted molar refractivity (Wildman–Crippen MR) is 116 cm³/mol. The van der Waals surface area contributed by atoms with Gasteiger partial charge in [-0.25, -0.2) is 9.79 Å². The molecule has 5 N–H and O–H groups in total. The maximum atomic E-state index is 13.2. The number of anilines is 1. The van der Waals surface area contributed by atoms with E-state index in [2.05, 4.69) is 4.99 Å². The first-order chi connectivity index (χ1) is 17.3. The van der Waals surface area contributed by atoms with E-state index in [1.807, 2.05) is 0 Å². The van der Waals surface area contributed by atoms with Gasteiger partial charge in [0.1, 0.15) is 18.9 Å². The normalized spacial score (nSPS) is 11.5. The van der Waals surface area contributed by atoms with Gasteiger partial charge in [-0.3, -0.25) is 0 Å². The molecule has 2 aromatic carbocycles. The van der Waals surface area contributed by atoms with Gasteiger partial charge < -0.3 is 26.2 Å². The first-order valence-corrected chi connectivity index (χ1v) is 9.89. The highest BCUT2D eigenvalue weighted by Gasteiger charge is 2.38. The lowest BCUT2D eigenvalue weighted by Crippen LogP contribution is -2.37. The standard InChI is InChI=1S/C19H17F6N5O.C2HF3O2/c20-18(21,22)11-30(14-4-1-12(10-26)16(9-14)19(23,24)25)7-8-31-15-5-2-13(3-6-15)29-17(27)28;3-2(4,5)1(6)7/h1-6,9H,7-8,11H2,(H4,27,28,29);(H,6,7). The fourth-order valence-corrected chi connectivity index (χ4v) is 2.62. The highest BCUT2D eigenvalue weighted by atomic mass is 19.4. The molecule has 0 atom stereocenters. The molecule has 2 rings (SSSR count). The lowest BCUT2D eigenvalue weighted by atomic mass is 10.1. The van der Waals surface area contributed by atoms with Crippen molar-refractivity contribution in [1.82, 2.24) is 0 Å². The van der Waals surface area contributed by atoms with Gasteiger partial charge in [0.2, 0.25) is 0 Å². The number of hydrogen-bond acceptors (Lipinski definition) is 5. The number of halogens is 9. The van der Waals surface area contributed by atoms with Crippen LogP contribution in [0.3, 0.4) is 0 Å².